The van der Waals surface area contributed by atoms with Gasteiger partial charge in [-0.1, -0.05) is 34.8 Å². The van der Waals surface area contributed by atoms with Crippen molar-refractivity contribution in [2.75, 3.05) is 10.5 Å². The molecule has 112 valence electrons. The van der Waals surface area contributed by atoms with Gasteiger partial charge in [0, 0.05) is 5.02 Å². The third-order valence-electron chi connectivity index (χ3n) is 2.81. The first-order valence-electron chi connectivity index (χ1n) is 5.75. The van der Waals surface area contributed by atoms with Gasteiger partial charge >= 0.3 is 0 Å². The molecule has 0 fully saturated rings. The molecule has 0 aromatic heterocycles. The Morgan fingerprint density at radius 1 is 1.10 bits per heavy atom. The predicted octanol–water partition coefficient (Wildman–Crippen LogP) is 4.34. The molecule has 4 nitrogen and oxygen atoms in total. The summed E-state index contributed by atoms with van der Waals surface area (Å²) in [5.74, 6) is 0. The van der Waals surface area contributed by atoms with E-state index in [1.807, 2.05) is 0 Å². The van der Waals surface area contributed by atoms with E-state index in [1.165, 1.54) is 12.1 Å². The predicted molar refractivity (Wildman–Crippen MR) is 87.9 cm³/mol. The Labute approximate surface area is 137 Å². The molecule has 0 heterocycles. The molecule has 8 heteroatoms. The Bertz CT molecular complexity index is 807. The summed E-state index contributed by atoms with van der Waals surface area (Å²) in [6.45, 7) is 1.74. The van der Waals surface area contributed by atoms with Gasteiger partial charge in [-0.2, -0.15) is 0 Å². The van der Waals surface area contributed by atoms with Crippen molar-refractivity contribution in [3.63, 3.8) is 0 Å². The van der Waals surface area contributed by atoms with Crippen LogP contribution in [0.5, 0.6) is 0 Å². The standard InChI is InChI=1S/C13H11Cl3N2O2S/c1-7-6-8(14)2-4-10(7)18-21(19,20)11-5-3-9(15)13(17)12(11)16/h2-6,18H,17H2,1H3. The highest BCUT2D eigenvalue weighted by Crippen LogP contribution is 2.34. The van der Waals surface area contributed by atoms with Gasteiger partial charge in [0.25, 0.3) is 10.0 Å². The van der Waals surface area contributed by atoms with Crippen LogP contribution in [-0.2, 0) is 10.0 Å². The molecule has 0 atom stereocenters. The Balaban J connectivity index is 2.46. The molecule has 0 saturated heterocycles. The van der Waals surface area contributed by atoms with E-state index in [1.54, 1.807) is 25.1 Å². The van der Waals surface area contributed by atoms with Crippen molar-refractivity contribution in [2.45, 2.75) is 11.8 Å². The minimum Gasteiger partial charge on any atom is -0.396 e. The molecule has 2 aromatic rings. The van der Waals surface area contributed by atoms with Crippen molar-refractivity contribution < 1.29 is 8.42 Å². The van der Waals surface area contributed by atoms with Gasteiger partial charge in [0.2, 0.25) is 0 Å². The van der Waals surface area contributed by atoms with Crippen molar-refractivity contribution in [3.8, 4) is 0 Å². The molecule has 21 heavy (non-hydrogen) atoms. The molecular formula is C13H11Cl3N2O2S. The number of hydrogen-bond donors (Lipinski definition) is 2. The highest BCUT2D eigenvalue weighted by Gasteiger charge is 2.21. The maximum Gasteiger partial charge on any atom is 0.263 e. The summed E-state index contributed by atoms with van der Waals surface area (Å²) in [5.41, 5.74) is 6.76. The summed E-state index contributed by atoms with van der Waals surface area (Å²) in [5, 5.41) is 0.604. The van der Waals surface area contributed by atoms with Crippen LogP contribution in [0.15, 0.2) is 35.2 Å². The molecule has 0 saturated carbocycles. The van der Waals surface area contributed by atoms with Crippen LogP contribution in [0.1, 0.15) is 5.56 Å². The zero-order chi connectivity index (χ0) is 15.8. The van der Waals surface area contributed by atoms with E-state index in [4.69, 9.17) is 40.5 Å². The lowest BCUT2D eigenvalue weighted by Crippen LogP contribution is -2.14. The van der Waals surface area contributed by atoms with Gasteiger partial charge in [0.15, 0.2) is 0 Å². The number of rotatable bonds is 3. The summed E-state index contributed by atoms with van der Waals surface area (Å²) < 4.78 is 27.2. The van der Waals surface area contributed by atoms with Gasteiger partial charge in [-0.3, -0.25) is 4.72 Å². The summed E-state index contributed by atoms with van der Waals surface area (Å²) in [6, 6.07) is 7.49. The Kier molecular flexibility index (Phi) is 4.58. The third kappa shape index (κ3) is 3.37. The van der Waals surface area contributed by atoms with Crippen molar-refractivity contribution in [1.29, 1.82) is 0 Å². The van der Waals surface area contributed by atoms with Crippen LogP contribution < -0.4 is 10.5 Å². The third-order valence-corrected chi connectivity index (χ3v) is 5.31. The van der Waals surface area contributed by atoms with Crippen LogP contribution in [0, 0.1) is 6.92 Å². The van der Waals surface area contributed by atoms with Gasteiger partial charge in [0.1, 0.15) is 4.90 Å². The van der Waals surface area contributed by atoms with Crippen LogP contribution in [-0.4, -0.2) is 8.42 Å². The van der Waals surface area contributed by atoms with E-state index >= 15 is 0 Å². The average Bonchev–Trinajstić information content (AvgIpc) is 2.39. The number of nitrogens with one attached hydrogen (secondary N) is 1. The number of sulfonamides is 1. The van der Waals surface area contributed by atoms with Gasteiger partial charge in [-0.15, -0.1) is 0 Å². The molecule has 0 aliphatic heterocycles. The largest absolute Gasteiger partial charge is 0.396 e. The lowest BCUT2D eigenvalue weighted by atomic mass is 10.2. The topological polar surface area (TPSA) is 72.2 Å². The van der Waals surface area contributed by atoms with E-state index < -0.39 is 10.0 Å². The van der Waals surface area contributed by atoms with E-state index in [9.17, 15) is 8.42 Å². The Hall–Kier alpha value is -1.14. The number of anilines is 2. The molecular weight excluding hydrogens is 355 g/mol. The number of benzene rings is 2. The first-order chi connectivity index (χ1) is 9.72. The second-order valence-electron chi connectivity index (χ2n) is 4.34. The first-order valence-corrected chi connectivity index (χ1v) is 8.36. The molecule has 0 spiro atoms. The van der Waals surface area contributed by atoms with Gasteiger partial charge < -0.3 is 5.73 Å². The summed E-state index contributed by atoms with van der Waals surface area (Å²) in [4.78, 5) is -0.139. The number of hydrogen-bond acceptors (Lipinski definition) is 3. The van der Waals surface area contributed by atoms with Crippen molar-refractivity contribution >= 4 is 56.2 Å². The van der Waals surface area contributed by atoms with Crippen LogP contribution >= 0.6 is 34.8 Å². The molecule has 3 N–H and O–H groups in total. The zero-order valence-electron chi connectivity index (χ0n) is 10.8. The lowest BCUT2D eigenvalue weighted by Gasteiger charge is -2.13. The quantitative estimate of drug-likeness (QED) is 0.795. The van der Waals surface area contributed by atoms with E-state index in [2.05, 4.69) is 4.72 Å². The van der Waals surface area contributed by atoms with Crippen LogP contribution in [0.3, 0.4) is 0 Å². The molecule has 0 radical (unpaired) electrons. The zero-order valence-corrected chi connectivity index (χ0v) is 13.9. The van der Waals surface area contributed by atoms with Gasteiger partial charge in [-0.25, -0.2) is 8.42 Å². The minimum absolute atomic E-state index is 0.0223. The van der Waals surface area contributed by atoms with Crippen molar-refractivity contribution in [3.05, 3.63) is 51.0 Å². The van der Waals surface area contributed by atoms with Gasteiger partial charge in [0.05, 0.1) is 21.4 Å². The molecule has 0 bridgehead atoms. The van der Waals surface area contributed by atoms with Crippen molar-refractivity contribution in [1.82, 2.24) is 0 Å². The summed E-state index contributed by atoms with van der Waals surface area (Å²) in [6.07, 6.45) is 0. The van der Waals surface area contributed by atoms with E-state index in [-0.39, 0.29) is 20.6 Å². The fraction of sp³-hybridized carbons (Fsp3) is 0.0769. The second kappa shape index (κ2) is 5.93. The Morgan fingerprint density at radius 3 is 2.38 bits per heavy atom. The van der Waals surface area contributed by atoms with Crippen LogP contribution in [0.25, 0.3) is 0 Å². The smallest absolute Gasteiger partial charge is 0.263 e. The highest BCUT2D eigenvalue weighted by atomic mass is 35.5. The number of halogens is 3. The highest BCUT2D eigenvalue weighted by molar-refractivity contribution is 7.92. The second-order valence-corrected chi connectivity index (χ2v) is 7.21. The molecule has 0 aliphatic rings. The molecule has 0 amide bonds. The van der Waals surface area contributed by atoms with E-state index in [0.717, 1.165) is 0 Å². The van der Waals surface area contributed by atoms with Gasteiger partial charge in [-0.05, 0) is 42.8 Å². The number of aryl methyl sites for hydroxylation is 1. The number of nitrogen functional groups attached to an aromatic ring is 1. The first kappa shape index (κ1) is 16.2. The lowest BCUT2D eigenvalue weighted by molar-refractivity contribution is 0.601. The molecule has 0 aliphatic carbocycles. The number of nitrogens with two attached hydrogens (primary N) is 1. The fourth-order valence-corrected chi connectivity index (χ4v) is 3.82. The maximum absolute atomic E-state index is 12.4. The fourth-order valence-electron chi connectivity index (χ4n) is 1.70. The molecule has 0 unspecified atom stereocenters. The Morgan fingerprint density at radius 2 is 1.76 bits per heavy atom. The molecule has 2 rings (SSSR count). The molecule has 2 aromatic carbocycles. The summed E-state index contributed by atoms with van der Waals surface area (Å²) in [7, 11) is -3.88. The van der Waals surface area contributed by atoms with Crippen LogP contribution in [0.4, 0.5) is 11.4 Å². The van der Waals surface area contributed by atoms with Crippen LogP contribution in [0.2, 0.25) is 15.1 Å². The SMILES string of the molecule is Cc1cc(Cl)ccc1NS(=O)(=O)c1ccc(Cl)c(N)c1Cl. The van der Waals surface area contributed by atoms with E-state index in [0.29, 0.717) is 16.3 Å². The summed E-state index contributed by atoms with van der Waals surface area (Å²) >= 11 is 17.6. The normalized spacial score (nSPS) is 11.4. The van der Waals surface area contributed by atoms with Crippen molar-refractivity contribution in [2.24, 2.45) is 0 Å². The monoisotopic (exact) mass is 364 g/mol. The minimum atomic E-state index is -3.88. The maximum atomic E-state index is 12.4. The average molecular weight is 366 g/mol.